The molecule has 3 nitrogen and oxygen atoms in total. The van der Waals surface area contributed by atoms with Crippen LogP contribution in [0.15, 0.2) is 48.7 Å². The number of fused-ring (bicyclic) bond motifs is 3. The Balaban J connectivity index is 1.59. The lowest BCUT2D eigenvalue weighted by Gasteiger charge is -2.18. The van der Waals surface area contributed by atoms with E-state index >= 15 is 0 Å². The monoisotopic (exact) mass is 345 g/mol. The third-order valence-electron chi connectivity index (χ3n) is 4.87. The number of thiophene rings is 1. The van der Waals surface area contributed by atoms with Crippen LogP contribution in [-0.4, -0.2) is 11.5 Å². The molecule has 0 fully saturated rings. The minimum atomic E-state index is 0.955. The van der Waals surface area contributed by atoms with Gasteiger partial charge in [-0.3, -0.25) is 4.98 Å². The maximum Gasteiger partial charge on any atom is 0.0729 e. The molecule has 2 N–H and O–H groups in total. The number of nitrogens with one attached hydrogen (secondary N) is 2. The van der Waals surface area contributed by atoms with Gasteiger partial charge in [-0.2, -0.15) is 0 Å². The van der Waals surface area contributed by atoms with Gasteiger partial charge in [0.05, 0.1) is 5.52 Å². The standard InChI is InChI=1S/C21H19N3S/c1-13-8-15-10-20-18(11-21(15)25-13)19(5-7-23-20)24-17-3-2-14-4-6-22-12-16(14)9-17/h2-3,5,7-11,22H,4,6,12H2,1H3,(H,23,24). The molecule has 2 aromatic heterocycles. The normalized spacial score (nSPS) is 14.0. The molecule has 0 unspecified atom stereocenters. The number of nitrogens with zero attached hydrogens (tertiary/aromatic N) is 1. The number of hydrogen-bond donors (Lipinski definition) is 2. The zero-order valence-corrected chi connectivity index (χ0v) is 14.9. The number of benzene rings is 2. The van der Waals surface area contributed by atoms with Gasteiger partial charge in [-0.05, 0) is 72.8 Å². The zero-order chi connectivity index (χ0) is 16.8. The van der Waals surface area contributed by atoms with E-state index in [1.165, 1.54) is 31.5 Å². The Morgan fingerprint density at radius 1 is 1.08 bits per heavy atom. The summed E-state index contributed by atoms with van der Waals surface area (Å²) in [5, 5.41) is 9.50. The number of hydrogen-bond acceptors (Lipinski definition) is 4. The lowest BCUT2D eigenvalue weighted by molar-refractivity contribution is 0.644. The Morgan fingerprint density at radius 2 is 2.04 bits per heavy atom. The van der Waals surface area contributed by atoms with Crippen LogP contribution in [-0.2, 0) is 13.0 Å². The van der Waals surface area contributed by atoms with Crippen LogP contribution < -0.4 is 10.6 Å². The average molecular weight is 345 g/mol. The van der Waals surface area contributed by atoms with Gasteiger partial charge >= 0.3 is 0 Å². The third kappa shape index (κ3) is 2.68. The molecule has 0 radical (unpaired) electrons. The van der Waals surface area contributed by atoms with Crippen molar-refractivity contribution in [2.45, 2.75) is 19.9 Å². The summed E-state index contributed by atoms with van der Waals surface area (Å²) >= 11 is 1.84. The Hall–Kier alpha value is -2.43. The fourth-order valence-corrected chi connectivity index (χ4v) is 4.58. The molecule has 124 valence electrons. The highest BCUT2D eigenvalue weighted by molar-refractivity contribution is 7.19. The minimum Gasteiger partial charge on any atom is -0.355 e. The summed E-state index contributed by atoms with van der Waals surface area (Å²) in [5.74, 6) is 0. The van der Waals surface area contributed by atoms with Gasteiger partial charge in [0, 0.05) is 39.1 Å². The Labute approximate surface area is 150 Å². The molecule has 0 atom stereocenters. The molecule has 4 heteroatoms. The number of aromatic nitrogens is 1. The summed E-state index contributed by atoms with van der Waals surface area (Å²) in [7, 11) is 0. The average Bonchev–Trinajstić information content (AvgIpc) is 2.99. The van der Waals surface area contributed by atoms with Crippen LogP contribution in [0.3, 0.4) is 0 Å². The molecule has 0 saturated carbocycles. The summed E-state index contributed by atoms with van der Waals surface area (Å²) in [6.45, 7) is 4.19. The quantitative estimate of drug-likeness (QED) is 0.528. The minimum absolute atomic E-state index is 0.955. The Morgan fingerprint density at radius 3 is 3.00 bits per heavy atom. The van der Waals surface area contributed by atoms with Crippen LogP contribution in [0.5, 0.6) is 0 Å². The van der Waals surface area contributed by atoms with Crippen LogP contribution in [0, 0.1) is 6.92 Å². The van der Waals surface area contributed by atoms with Crippen molar-refractivity contribution in [3.8, 4) is 0 Å². The number of rotatable bonds is 2. The lowest BCUT2D eigenvalue weighted by Crippen LogP contribution is -2.23. The predicted octanol–water partition coefficient (Wildman–Crippen LogP) is 5.15. The van der Waals surface area contributed by atoms with E-state index in [-0.39, 0.29) is 0 Å². The van der Waals surface area contributed by atoms with Gasteiger partial charge in [-0.1, -0.05) is 6.07 Å². The first-order valence-electron chi connectivity index (χ1n) is 8.65. The van der Waals surface area contributed by atoms with Crippen molar-refractivity contribution in [1.82, 2.24) is 10.3 Å². The molecule has 3 heterocycles. The van der Waals surface area contributed by atoms with Crippen LogP contribution >= 0.6 is 11.3 Å². The van der Waals surface area contributed by atoms with Crippen molar-refractivity contribution >= 4 is 43.7 Å². The molecule has 25 heavy (non-hydrogen) atoms. The van der Waals surface area contributed by atoms with Crippen molar-refractivity contribution in [2.75, 3.05) is 11.9 Å². The first kappa shape index (κ1) is 14.9. The van der Waals surface area contributed by atoms with Crippen molar-refractivity contribution in [3.63, 3.8) is 0 Å². The van der Waals surface area contributed by atoms with Crippen LogP contribution in [0.25, 0.3) is 21.0 Å². The van der Waals surface area contributed by atoms with Crippen molar-refractivity contribution in [2.24, 2.45) is 0 Å². The van der Waals surface area contributed by atoms with E-state index in [0.29, 0.717) is 0 Å². The smallest absolute Gasteiger partial charge is 0.0729 e. The lowest BCUT2D eigenvalue weighted by atomic mass is 10.0. The first-order chi connectivity index (χ1) is 12.3. The van der Waals surface area contributed by atoms with Crippen LogP contribution in [0.4, 0.5) is 11.4 Å². The van der Waals surface area contributed by atoms with Crippen LogP contribution in [0.1, 0.15) is 16.0 Å². The van der Waals surface area contributed by atoms with Gasteiger partial charge in [0.15, 0.2) is 0 Å². The largest absolute Gasteiger partial charge is 0.355 e. The molecule has 0 saturated heterocycles. The topological polar surface area (TPSA) is 37.0 Å². The second kappa shape index (κ2) is 5.83. The van der Waals surface area contributed by atoms with E-state index in [1.54, 1.807) is 0 Å². The molecule has 0 amide bonds. The molecule has 1 aliphatic heterocycles. The summed E-state index contributed by atoms with van der Waals surface area (Å²) < 4.78 is 1.32. The van der Waals surface area contributed by atoms with Crippen molar-refractivity contribution in [3.05, 3.63) is 64.7 Å². The van der Waals surface area contributed by atoms with Gasteiger partial charge in [0.25, 0.3) is 0 Å². The van der Waals surface area contributed by atoms with Crippen LogP contribution in [0.2, 0.25) is 0 Å². The van der Waals surface area contributed by atoms with E-state index in [1.807, 2.05) is 17.5 Å². The number of anilines is 2. The summed E-state index contributed by atoms with van der Waals surface area (Å²) in [4.78, 5) is 5.90. The Kier molecular flexibility index (Phi) is 3.47. The molecular weight excluding hydrogens is 326 g/mol. The van der Waals surface area contributed by atoms with E-state index in [0.717, 1.165) is 36.4 Å². The maximum atomic E-state index is 4.57. The molecule has 0 spiro atoms. The highest BCUT2D eigenvalue weighted by atomic mass is 32.1. The van der Waals surface area contributed by atoms with E-state index in [2.05, 4.69) is 65.0 Å². The summed E-state index contributed by atoms with van der Waals surface area (Å²) in [6.07, 6.45) is 3.00. The molecule has 0 bridgehead atoms. The summed E-state index contributed by atoms with van der Waals surface area (Å²) in [5.41, 5.74) is 6.14. The van der Waals surface area contributed by atoms with Gasteiger partial charge < -0.3 is 10.6 Å². The van der Waals surface area contributed by atoms with Crippen molar-refractivity contribution < 1.29 is 0 Å². The zero-order valence-electron chi connectivity index (χ0n) is 14.1. The maximum absolute atomic E-state index is 4.57. The van der Waals surface area contributed by atoms with Crippen molar-refractivity contribution in [1.29, 1.82) is 0 Å². The molecule has 4 aromatic rings. The molecule has 1 aliphatic rings. The van der Waals surface area contributed by atoms with E-state index in [9.17, 15) is 0 Å². The molecule has 0 aliphatic carbocycles. The molecule has 2 aromatic carbocycles. The number of aryl methyl sites for hydroxylation is 1. The van der Waals surface area contributed by atoms with Gasteiger partial charge in [0.1, 0.15) is 0 Å². The number of pyridine rings is 1. The van der Waals surface area contributed by atoms with Gasteiger partial charge in [0.2, 0.25) is 0 Å². The molecular formula is C21H19N3S. The fourth-order valence-electron chi connectivity index (χ4n) is 3.63. The first-order valence-corrected chi connectivity index (χ1v) is 9.46. The van der Waals surface area contributed by atoms with E-state index in [4.69, 9.17) is 0 Å². The highest BCUT2D eigenvalue weighted by Gasteiger charge is 2.10. The second-order valence-electron chi connectivity index (χ2n) is 6.66. The predicted molar refractivity (Wildman–Crippen MR) is 107 cm³/mol. The van der Waals surface area contributed by atoms with E-state index < -0.39 is 0 Å². The van der Waals surface area contributed by atoms with Gasteiger partial charge in [-0.25, -0.2) is 0 Å². The van der Waals surface area contributed by atoms with Gasteiger partial charge in [-0.15, -0.1) is 11.3 Å². The second-order valence-corrected chi connectivity index (χ2v) is 7.95. The highest BCUT2D eigenvalue weighted by Crippen LogP contribution is 2.33. The Bertz CT molecular complexity index is 1100. The fraction of sp³-hybridized carbons (Fsp3) is 0.190. The molecule has 5 rings (SSSR count). The SMILES string of the molecule is Cc1cc2cc3nccc(Nc4ccc5c(c4)CNCC5)c3cc2s1. The summed E-state index contributed by atoms with van der Waals surface area (Å²) in [6, 6.07) is 15.5. The third-order valence-corrected chi connectivity index (χ3v) is 5.89.